The van der Waals surface area contributed by atoms with E-state index in [9.17, 15) is 4.39 Å². The van der Waals surface area contributed by atoms with Gasteiger partial charge in [-0.05, 0) is 117 Å². The lowest BCUT2D eigenvalue weighted by molar-refractivity contribution is 0.576. The summed E-state index contributed by atoms with van der Waals surface area (Å²) in [5.74, 6) is -0.125. The molecule has 0 saturated heterocycles. The Balaban J connectivity index is 1.03. The predicted molar refractivity (Wildman–Crippen MR) is 210 cm³/mol. The molecule has 5 aromatic heterocycles. The molecule has 0 atom stereocenters. The second kappa shape index (κ2) is 12.0. The van der Waals surface area contributed by atoms with E-state index >= 15 is 0 Å². The number of halogens is 1. The molecule has 0 unspecified atom stereocenters. The van der Waals surface area contributed by atoms with Gasteiger partial charge in [-0.15, -0.1) is 56.7 Å². The van der Waals surface area contributed by atoms with Crippen LogP contribution in [-0.2, 0) is 6.42 Å². The largest absolute Gasteiger partial charge is 0.205 e. The van der Waals surface area contributed by atoms with E-state index in [4.69, 9.17) is 0 Å². The Kier molecular flexibility index (Phi) is 7.63. The summed E-state index contributed by atoms with van der Waals surface area (Å²) in [5.41, 5.74) is 0. The van der Waals surface area contributed by atoms with Gasteiger partial charge in [-0.25, -0.2) is 4.39 Å². The van der Waals surface area contributed by atoms with Crippen LogP contribution in [0.15, 0.2) is 72.1 Å². The molecule has 0 aliphatic heterocycles. The summed E-state index contributed by atoms with van der Waals surface area (Å²) in [6, 6.07) is 25.2. The summed E-state index contributed by atoms with van der Waals surface area (Å²) in [6.45, 7) is 2.29. The molecule has 5 heterocycles. The minimum absolute atomic E-state index is 0.125. The number of hydrogen-bond donors (Lipinski definition) is 0. The van der Waals surface area contributed by atoms with Gasteiger partial charge in [0.25, 0.3) is 0 Å². The van der Waals surface area contributed by atoms with Gasteiger partial charge in [0, 0.05) is 39.3 Å². The van der Waals surface area contributed by atoms with Crippen LogP contribution in [0, 0.1) is 5.82 Å². The van der Waals surface area contributed by atoms with Crippen LogP contribution < -0.4 is 0 Å². The van der Waals surface area contributed by atoms with Crippen molar-refractivity contribution in [1.82, 2.24) is 0 Å². The van der Waals surface area contributed by atoms with Crippen molar-refractivity contribution in [2.24, 2.45) is 0 Å². The standard InChI is InChI=1S/C40H33FS5/c1-2-3-4-5-6-7-8-9-10-29-15-27-13-23-16-30-35(20-25(23)18-33(27)43-29)45-39-31-17-24-14-28-22-37(40-32(41)11-12-42-40)44-34(28)19-26(24)21-36(31)46-38(30)39/h11-22H,2-10H2,1H3. The second-order valence-corrected chi connectivity index (χ2v) is 18.0. The normalized spacial score (nSPS) is 12.5. The Bertz CT molecular complexity index is 2550. The molecule has 0 bridgehead atoms. The third kappa shape index (κ3) is 5.18. The highest BCUT2D eigenvalue weighted by molar-refractivity contribution is 7.36. The Morgan fingerprint density at radius 3 is 1.72 bits per heavy atom. The summed E-state index contributed by atoms with van der Waals surface area (Å²) in [5, 5.41) is 12.3. The van der Waals surface area contributed by atoms with Gasteiger partial charge in [-0.3, -0.25) is 0 Å². The maximum Gasteiger partial charge on any atom is 0.142 e. The topological polar surface area (TPSA) is 0 Å². The fourth-order valence-electron chi connectivity index (χ4n) is 7.02. The SMILES string of the molecule is CCCCCCCCCCc1cc2cc3cc4c(cc3cc2s1)sc1c2cc3cc5cc(-c6sccc6F)sc5cc3cc2sc41. The summed E-state index contributed by atoms with van der Waals surface area (Å²) in [4.78, 5) is 3.29. The zero-order valence-corrected chi connectivity index (χ0v) is 29.8. The highest BCUT2D eigenvalue weighted by atomic mass is 32.1. The Morgan fingerprint density at radius 2 is 1.09 bits per heavy atom. The van der Waals surface area contributed by atoms with Crippen molar-refractivity contribution in [2.75, 3.05) is 0 Å². The molecule has 0 nitrogen and oxygen atoms in total. The van der Waals surface area contributed by atoms with Crippen molar-refractivity contribution in [2.45, 2.75) is 64.7 Å². The molecule has 0 saturated carbocycles. The number of unbranched alkanes of at least 4 members (excludes halogenated alkanes) is 7. The van der Waals surface area contributed by atoms with Crippen molar-refractivity contribution in [3.63, 3.8) is 0 Å². The zero-order chi connectivity index (χ0) is 30.8. The van der Waals surface area contributed by atoms with E-state index < -0.39 is 0 Å². The number of rotatable bonds is 10. The molecule has 230 valence electrons. The number of benzene rings is 4. The van der Waals surface area contributed by atoms with Gasteiger partial charge in [0.2, 0.25) is 0 Å². The quantitative estimate of drug-likeness (QED) is 0.125. The van der Waals surface area contributed by atoms with E-state index in [1.54, 1.807) is 17.4 Å². The first-order valence-corrected chi connectivity index (χ1v) is 20.6. The predicted octanol–water partition coefficient (Wildman–Crippen LogP) is 15.6. The van der Waals surface area contributed by atoms with Gasteiger partial charge < -0.3 is 0 Å². The molecular weight excluding hydrogens is 660 g/mol. The Morgan fingerprint density at radius 1 is 0.522 bits per heavy atom. The Labute approximate surface area is 287 Å². The molecule has 0 aliphatic rings. The monoisotopic (exact) mass is 692 g/mol. The van der Waals surface area contributed by atoms with Crippen LogP contribution in [0.25, 0.3) is 81.0 Å². The second-order valence-electron chi connectivity index (χ2n) is 12.7. The molecule has 9 aromatic rings. The third-order valence-corrected chi connectivity index (χ3v) is 15.3. The van der Waals surface area contributed by atoms with E-state index in [0.29, 0.717) is 0 Å². The van der Waals surface area contributed by atoms with Crippen LogP contribution in [0.3, 0.4) is 0 Å². The molecule has 4 aromatic carbocycles. The van der Waals surface area contributed by atoms with Crippen molar-refractivity contribution in [3.05, 3.63) is 82.8 Å². The summed E-state index contributed by atoms with van der Waals surface area (Å²) < 4.78 is 22.5. The van der Waals surface area contributed by atoms with Gasteiger partial charge in [-0.1, -0.05) is 51.9 Å². The minimum Gasteiger partial charge on any atom is -0.205 e. The number of thiophene rings is 5. The van der Waals surface area contributed by atoms with Crippen LogP contribution >= 0.6 is 56.7 Å². The van der Waals surface area contributed by atoms with E-state index in [1.807, 2.05) is 39.4 Å². The highest BCUT2D eigenvalue weighted by Crippen LogP contribution is 2.47. The van der Waals surface area contributed by atoms with Crippen molar-refractivity contribution in [1.29, 1.82) is 0 Å². The van der Waals surface area contributed by atoms with E-state index in [-0.39, 0.29) is 5.82 Å². The van der Waals surface area contributed by atoms with E-state index in [2.05, 4.69) is 67.6 Å². The molecule has 0 aliphatic carbocycles. The van der Waals surface area contributed by atoms with Crippen molar-refractivity contribution < 1.29 is 4.39 Å². The fourth-order valence-corrected chi connectivity index (χ4v) is 12.8. The molecular formula is C40H33FS5. The smallest absolute Gasteiger partial charge is 0.142 e. The molecule has 0 spiro atoms. The number of aryl methyl sites for hydroxylation is 1. The zero-order valence-electron chi connectivity index (χ0n) is 25.7. The van der Waals surface area contributed by atoms with Gasteiger partial charge in [0.15, 0.2) is 0 Å². The third-order valence-electron chi connectivity index (χ3n) is 9.44. The molecule has 0 radical (unpaired) electrons. The number of hydrogen-bond acceptors (Lipinski definition) is 5. The van der Waals surface area contributed by atoms with Crippen LogP contribution in [0.4, 0.5) is 4.39 Å². The highest BCUT2D eigenvalue weighted by Gasteiger charge is 2.16. The average Bonchev–Trinajstić information content (AvgIpc) is 3.87. The Hall–Kier alpha value is -2.87. The lowest BCUT2D eigenvalue weighted by atomic mass is 10.0. The van der Waals surface area contributed by atoms with E-state index in [1.165, 1.54) is 145 Å². The summed E-state index contributed by atoms with van der Waals surface area (Å²) in [7, 11) is 0. The van der Waals surface area contributed by atoms with E-state index in [0.717, 1.165) is 9.75 Å². The molecule has 0 amide bonds. The van der Waals surface area contributed by atoms with Crippen LogP contribution in [0.1, 0.15) is 63.2 Å². The number of fused-ring (bicyclic) bond motifs is 9. The average molecular weight is 693 g/mol. The molecule has 46 heavy (non-hydrogen) atoms. The maximum atomic E-state index is 14.3. The lowest BCUT2D eigenvalue weighted by Gasteiger charge is -2.00. The first-order chi connectivity index (χ1) is 22.6. The van der Waals surface area contributed by atoms with Gasteiger partial charge >= 0.3 is 0 Å². The van der Waals surface area contributed by atoms with Crippen molar-refractivity contribution >= 4 is 128 Å². The molecule has 0 fully saturated rings. The van der Waals surface area contributed by atoms with Crippen LogP contribution in [0.5, 0.6) is 0 Å². The molecule has 0 N–H and O–H groups in total. The summed E-state index contributed by atoms with van der Waals surface area (Å²) in [6.07, 6.45) is 12.2. The first-order valence-electron chi connectivity index (χ1n) is 16.5. The van der Waals surface area contributed by atoms with Crippen molar-refractivity contribution in [3.8, 4) is 9.75 Å². The van der Waals surface area contributed by atoms with Gasteiger partial charge in [-0.2, -0.15) is 0 Å². The molecule has 6 heteroatoms. The molecule has 9 rings (SSSR count). The van der Waals surface area contributed by atoms with Crippen LogP contribution in [0.2, 0.25) is 0 Å². The van der Waals surface area contributed by atoms with Gasteiger partial charge in [0.1, 0.15) is 5.82 Å². The van der Waals surface area contributed by atoms with Crippen LogP contribution in [-0.4, -0.2) is 0 Å². The maximum absolute atomic E-state index is 14.3. The first kappa shape index (κ1) is 29.3. The minimum atomic E-state index is -0.125. The van der Waals surface area contributed by atoms with Gasteiger partial charge in [0.05, 0.1) is 14.3 Å². The lowest BCUT2D eigenvalue weighted by Crippen LogP contribution is -1.83. The fraction of sp³-hybridized carbons (Fsp3) is 0.250. The summed E-state index contributed by atoms with van der Waals surface area (Å²) >= 11 is 9.02.